The quantitative estimate of drug-likeness (QED) is 0.299. The zero-order valence-corrected chi connectivity index (χ0v) is 26.0. The minimum atomic E-state index is -0.447. The van der Waals surface area contributed by atoms with Crippen LogP contribution >= 0.6 is 0 Å². The molecule has 7 heterocycles. The van der Waals surface area contributed by atoms with Gasteiger partial charge in [0.1, 0.15) is 11.4 Å². The summed E-state index contributed by atoms with van der Waals surface area (Å²) in [6.45, 7) is 2.82. The summed E-state index contributed by atoms with van der Waals surface area (Å²) in [5.74, 6) is 0.665. The summed E-state index contributed by atoms with van der Waals surface area (Å²) >= 11 is 0. The van der Waals surface area contributed by atoms with Crippen molar-refractivity contribution in [2.45, 2.75) is 37.8 Å². The number of amides is 3. The van der Waals surface area contributed by atoms with Crippen LogP contribution in [0.4, 0.5) is 21.9 Å². The van der Waals surface area contributed by atoms with Crippen molar-refractivity contribution in [3.8, 4) is 5.75 Å². The van der Waals surface area contributed by atoms with Crippen LogP contribution in [0.3, 0.4) is 0 Å². The van der Waals surface area contributed by atoms with E-state index in [1.54, 1.807) is 48.8 Å². The third-order valence-electron chi connectivity index (χ3n) is 9.68. The lowest BCUT2D eigenvalue weighted by Crippen LogP contribution is -2.52. The molecule has 0 spiro atoms. The zero-order chi connectivity index (χ0) is 32.1. The Labute approximate surface area is 271 Å². The molecular formula is C35H35N7O5. The molecule has 2 N–H and O–H groups in total. The fourth-order valence-electron chi connectivity index (χ4n) is 7.40. The summed E-state index contributed by atoms with van der Waals surface area (Å²) in [6.07, 6.45) is 12.3. The largest absolute Gasteiger partial charge is 0.452 e. The van der Waals surface area contributed by atoms with Gasteiger partial charge >= 0.3 is 6.03 Å². The van der Waals surface area contributed by atoms with Crippen LogP contribution < -0.4 is 20.3 Å². The average molecular weight is 634 g/mol. The Bertz CT molecular complexity index is 1900. The number of morpholine rings is 1. The predicted octanol–water partition coefficient (Wildman–Crippen LogP) is 4.83. The van der Waals surface area contributed by atoms with E-state index in [0.29, 0.717) is 35.9 Å². The fraction of sp³-hybridized carbons (Fsp3) is 0.343. The number of pyridine rings is 2. The van der Waals surface area contributed by atoms with Crippen molar-refractivity contribution in [1.29, 1.82) is 0 Å². The van der Waals surface area contributed by atoms with Crippen molar-refractivity contribution >= 4 is 51.9 Å². The van der Waals surface area contributed by atoms with Gasteiger partial charge in [0, 0.05) is 67.0 Å². The highest BCUT2D eigenvalue weighted by Gasteiger charge is 2.43. The molecule has 3 saturated heterocycles. The number of Topliss-reactive ketones (excluding diaryl/α,β-unsaturated/α-hetero) is 1. The lowest BCUT2D eigenvalue weighted by atomic mass is 9.93. The van der Waals surface area contributed by atoms with Crippen molar-refractivity contribution in [1.82, 2.24) is 19.4 Å². The maximum absolute atomic E-state index is 13.6. The number of hydrogen-bond acceptors (Lipinski definition) is 8. The van der Waals surface area contributed by atoms with E-state index in [0.717, 1.165) is 61.1 Å². The van der Waals surface area contributed by atoms with Crippen LogP contribution in [0.15, 0.2) is 66.9 Å². The van der Waals surface area contributed by atoms with E-state index in [1.807, 2.05) is 30.1 Å². The molecule has 0 radical (unpaired) electrons. The van der Waals surface area contributed by atoms with Crippen LogP contribution in [0.5, 0.6) is 5.75 Å². The third kappa shape index (κ3) is 5.38. The number of aromatic nitrogens is 3. The highest BCUT2D eigenvalue weighted by molar-refractivity contribution is 6.16. The summed E-state index contributed by atoms with van der Waals surface area (Å²) in [4.78, 5) is 52.7. The van der Waals surface area contributed by atoms with Crippen LogP contribution in [0.2, 0.25) is 0 Å². The van der Waals surface area contributed by atoms with Gasteiger partial charge in [-0.15, -0.1) is 0 Å². The van der Waals surface area contributed by atoms with Crippen LogP contribution in [0.1, 0.15) is 41.6 Å². The molecule has 12 heteroatoms. The van der Waals surface area contributed by atoms with E-state index in [9.17, 15) is 14.4 Å². The second-order valence-electron chi connectivity index (χ2n) is 12.6. The maximum atomic E-state index is 13.6. The van der Waals surface area contributed by atoms with Gasteiger partial charge in [0.05, 0.1) is 42.7 Å². The van der Waals surface area contributed by atoms with Crippen molar-refractivity contribution < 1.29 is 23.9 Å². The summed E-state index contributed by atoms with van der Waals surface area (Å²) in [5.41, 5.74) is 4.02. The molecule has 1 aromatic carbocycles. The number of benzene rings is 1. The summed E-state index contributed by atoms with van der Waals surface area (Å²) < 4.78 is 13.7. The van der Waals surface area contributed by atoms with Crippen molar-refractivity contribution in [2.24, 2.45) is 13.0 Å². The normalized spacial score (nSPS) is 21.6. The number of hydrogen-bond donors (Lipinski definition) is 2. The van der Waals surface area contributed by atoms with Crippen molar-refractivity contribution in [2.75, 3.05) is 41.8 Å². The lowest BCUT2D eigenvalue weighted by molar-refractivity contribution is -0.146. The number of piperidine rings is 1. The summed E-state index contributed by atoms with van der Waals surface area (Å²) in [7, 11) is 1.93. The molecule has 2 atom stereocenters. The molecule has 47 heavy (non-hydrogen) atoms. The number of fused-ring (bicyclic) bond motifs is 4. The lowest BCUT2D eigenvalue weighted by Gasteiger charge is -2.40. The average Bonchev–Trinajstić information content (AvgIpc) is 3.67. The minimum Gasteiger partial charge on any atom is -0.452 e. The Hall–Kier alpha value is -5.23. The van der Waals surface area contributed by atoms with E-state index in [-0.39, 0.29) is 35.5 Å². The van der Waals surface area contributed by atoms with E-state index >= 15 is 0 Å². The molecule has 3 aromatic heterocycles. The standard InChI is InChI=1S/C35H35N7O5/c1-40-18-22(15-30-32(43)27-16-23(4-7-29(27)47-30)38-35(45)39-24-3-2-11-36-17-24)31-28(8-12-37-33(31)40)41-13-9-21(10-14-41)34(44)42-25-5-6-26(42)20-46-19-25/h2-4,7-8,11-12,15-18,21,25-26H,5-6,9-10,13-14,19-20H2,1H3,(H2,38,39,45). The van der Waals surface area contributed by atoms with Gasteiger partial charge < -0.3 is 34.5 Å². The first-order chi connectivity index (χ1) is 22.9. The van der Waals surface area contributed by atoms with Crippen LogP contribution in [-0.2, 0) is 16.6 Å². The highest BCUT2D eigenvalue weighted by atomic mass is 16.5. The summed E-state index contributed by atoms with van der Waals surface area (Å²) in [5, 5.41) is 6.41. The molecule has 3 amide bonds. The van der Waals surface area contributed by atoms with Gasteiger partial charge in [0.15, 0.2) is 5.76 Å². The first-order valence-electron chi connectivity index (χ1n) is 16.1. The molecule has 4 aliphatic heterocycles. The molecule has 240 valence electrons. The molecule has 3 fully saturated rings. The van der Waals surface area contributed by atoms with Gasteiger partial charge in [-0.05, 0) is 68.2 Å². The Morgan fingerprint density at radius 1 is 0.979 bits per heavy atom. The summed E-state index contributed by atoms with van der Waals surface area (Å²) in [6, 6.07) is 10.5. The van der Waals surface area contributed by atoms with Crippen molar-refractivity contribution in [3.63, 3.8) is 0 Å². The minimum absolute atomic E-state index is 0.0194. The zero-order valence-electron chi connectivity index (χ0n) is 26.0. The second kappa shape index (κ2) is 11.8. The molecule has 4 aromatic rings. The van der Waals surface area contributed by atoms with E-state index in [2.05, 4.69) is 30.4 Å². The number of carbonyl (C=O) groups excluding carboxylic acids is 3. The Morgan fingerprint density at radius 3 is 2.53 bits per heavy atom. The van der Waals surface area contributed by atoms with Gasteiger partial charge in [-0.3, -0.25) is 14.6 Å². The Balaban J connectivity index is 0.998. The van der Waals surface area contributed by atoms with Gasteiger partial charge in [-0.2, -0.15) is 0 Å². The number of anilines is 3. The molecule has 2 bridgehead atoms. The molecule has 4 aliphatic rings. The number of nitrogens with zero attached hydrogens (tertiary/aromatic N) is 5. The molecule has 12 nitrogen and oxygen atoms in total. The van der Waals surface area contributed by atoms with Gasteiger partial charge in [-0.25, -0.2) is 9.78 Å². The molecule has 8 rings (SSSR count). The molecule has 0 saturated carbocycles. The number of allylic oxidation sites excluding steroid dienone is 1. The number of aryl methyl sites for hydroxylation is 1. The van der Waals surface area contributed by atoms with Gasteiger partial charge in [-0.1, -0.05) is 0 Å². The third-order valence-corrected chi connectivity index (χ3v) is 9.68. The number of carbonyl (C=O) groups is 3. The first-order valence-corrected chi connectivity index (χ1v) is 16.1. The van der Waals surface area contributed by atoms with Gasteiger partial charge in [0.25, 0.3) is 0 Å². The molecule has 0 aliphatic carbocycles. The fourth-order valence-corrected chi connectivity index (χ4v) is 7.40. The SMILES string of the molecule is Cn1cc(C=C2Oc3ccc(NC(=O)Nc4cccnc4)cc3C2=O)c2c(N3CCC(C(=O)N4C5CCC4COC5)CC3)ccnc21. The first kappa shape index (κ1) is 29.2. The van der Waals surface area contributed by atoms with Crippen molar-refractivity contribution in [3.05, 3.63) is 78.1 Å². The topological polar surface area (TPSA) is 131 Å². The van der Waals surface area contributed by atoms with E-state index in [1.165, 1.54) is 0 Å². The predicted molar refractivity (Wildman–Crippen MR) is 176 cm³/mol. The van der Waals surface area contributed by atoms with Gasteiger partial charge in [0.2, 0.25) is 11.7 Å². The van der Waals surface area contributed by atoms with Crippen LogP contribution in [0, 0.1) is 5.92 Å². The number of nitrogens with one attached hydrogen (secondary N) is 2. The van der Waals surface area contributed by atoms with E-state index < -0.39 is 6.03 Å². The second-order valence-corrected chi connectivity index (χ2v) is 12.6. The maximum Gasteiger partial charge on any atom is 0.323 e. The Morgan fingerprint density at radius 2 is 1.77 bits per heavy atom. The smallest absolute Gasteiger partial charge is 0.323 e. The number of urea groups is 1. The van der Waals surface area contributed by atoms with E-state index in [4.69, 9.17) is 9.47 Å². The molecule has 2 unspecified atom stereocenters. The number of rotatable bonds is 5. The Kier molecular flexibility index (Phi) is 7.36. The number of ether oxygens (including phenoxy) is 2. The van der Waals surface area contributed by atoms with Crippen LogP contribution in [-0.4, -0.2) is 75.5 Å². The highest BCUT2D eigenvalue weighted by Crippen LogP contribution is 2.38. The van der Waals surface area contributed by atoms with Crippen LogP contribution in [0.25, 0.3) is 17.1 Å². The monoisotopic (exact) mass is 633 g/mol. The molecular weight excluding hydrogens is 598 g/mol. The number of ketones is 1.